The Labute approximate surface area is 101 Å². The Balaban J connectivity index is 1.90. The molecule has 5 nitrogen and oxygen atoms in total. The first-order valence-electron chi connectivity index (χ1n) is 5.16. The van der Waals surface area contributed by atoms with E-state index >= 15 is 0 Å². The quantitative estimate of drug-likeness (QED) is 0.539. The Morgan fingerprint density at radius 1 is 1.65 bits per heavy atom. The van der Waals surface area contributed by atoms with E-state index in [4.69, 9.17) is 4.74 Å². The molecule has 2 unspecified atom stereocenters. The molecule has 1 aromatic heterocycles. The number of hydrogen-bond acceptors (Lipinski definition) is 5. The van der Waals surface area contributed by atoms with Gasteiger partial charge in [-0.25, -0.2) is 4.79 Å². The van der Waals surface area contributed by atoms with E-state index in [0.29, 0.717) is 5.76 Å². The summed E-state index contributed by atoms with van der Waals surface area (Å²) in [4.78, 5) is 23.5. The predicted octanol–water partition coefficient (Wildman–Crippen LogP) is 0.536. The lowest BCUT2D eigenvalue weighted by molar-refractivity contribution is -0.857. The molecule has 0 N–H and O–H groups in total. The van der Waals surface area contributed by atoms with Crippen molar-refractivity contribution in [2.75, 3.05) is 6.54 Å². The highest BCUT2D eigenvalue weighted by atomic mass is 32.1. The molecule has 2 aliphatic rings. The maximum Gasteiger partial charge on any atom is 0.333 e. The molecule has 2 fully saturated rings. The van der Waals surface area contributed by atoms with Crippen molar-refractivity contribution in [3.8, 4) is 0 Å². The van der Waals surface area contributed by atoms with E-state index in [9.17, 15) is 14.7 Å². The first kappa shape index (κ1) is 10.5. The van der Waals surface area contributed by atoms with E-state index in [1.54, 1.807) is 6.08 Å². The Bertz CT molecular complexity index is 512. The smallest absolute Gasteiger partial charge is 0.333 e. The van der Waals surface area contributed by atoms with Gasteiger partial charge in [-0.05, 0) is 17.5 Å². The second-order valence-electron chi connectivity index (χ2n) is 4.09. The predicted molar refractivity (Wildman–Crippen MR) is 57.3 cm³/mol. The number of β-lactam (4-membered cyclic amide) rings is 1. The average Bonchev–Trinajstić information content (AvgIpc) is 2.85. The zero-order valence-corrected chi connectivity index (χ0v) is 9.61. The lowest BCUT2D eigenvalue weighted by Crippen LogP contribution is -2.72. The molecule has 0 saturated carbocycles. The second kappa shape index (κ2) is 3.41. The number of fused-ring (bicyclic) bond motifs is 1. The number of carbonyl (C=O) groups excluding carboxylic acids is 2. The van der Waals surface area contributed by atoms with Gasteiger partial charge in [0, 0.05) is 4.88 Å². The Morgan fingerprint density at radius 3 is 3.00 bits per heavy atom. The van der Waals surface area contributed by atoms with E-state index < -0.39 is 16.8 Å². The number of quaternary nitrogens is 1. The van der Waals surface area contributed by atoms with Crippen molar-refractivity contribution in [1.29, 1.82) is 0 Å². The zero-order chi connectivity index (χ0) is 12.0. The van der Waals surface area contributed by atoms with Crippen LogP contribution in [0.25, 0.3) is 6.08 Å². The molecule has 0 aromatic carbocycles. The van der Waals surface area contributed by atoms with Gasteiger partial charge in [0.2, 0.25) is 0 Å². The minimum Gasteiger partial charge on any atom is -0.498 e. The van der Waals surface area contributed by atoms with Crippen LogP contribution in [0.1, 0.15) is 11.3 Å². The van der Waals surface area contributed by atoms with Crippen LogP contribution in [-0.4, -0.2) is 29.3 Å². The Hall–Kier alpha value is -1.66. The van der Waals surface area contributed by atoms with Crippen molar-refractivity contribution in [1.82, 2.24) is 0 Å². The van der Waals surface area contributed by atoms with E-state index in [0.717, 1.165) is 4.88 Å². The number of ether oxygens (including phenoxy) is 1. The summed E-state index contributed by atoms with van der Waals surface area (Å²) in [7, 11) is 0. The summed E-state index contributed by atoms with van der Waals surface area (Å²) in [6.07, 6.45) is -0.0471. The van der Waals surface area contributed by atoms with Crippen molar-refractivity contribution >= 4 is 29.4 Å². The van der Waals surface area contributed by atoms with Crippen molar-refractivity contribution in [3.05, 3.63) is 28.1 Å². The number of amides is 2. The molecular formula is C11H9NO4S. The average molecular weight is 251 g/mol. The molecule has 3 heterocycles. The Kier molecular flexibility index (Phi) is 2.11. The summed E-state index contributed by atoms with van der Waals surface area (Å²) < 4.78 is 4.77. The third-order valence-electron chi connectivity index (χ3n) is 3.15. The number of imide groups is 1. The van der Waals surface area contributed by atoms with Gasteiger partial charge in [0.15, 0.2) is 18.7 Å². The maximum atomic E-state index is 11.5. The van der Waals surface area contributed by atoms with Gasteiger partial charge < -0.3 is 14.6 Å². The molecule has 17 heavy (non-hydrogen) atoms. The highest BCUT2D eigenvalue weighted by molar-refractivity contribution is 7.10. The van der Waals surface area contributed by atoms with E-state index in [2.05, 4.69) is 0 Å². The molecule has 2 amide bonds. The first-order chi connectivity index (χ1) is 8.13. The van der Waals surface area contributed by atoms with Crippen LogP contribution in [-0.2, 0) is 9.53 Å². The summed E-state index contributed by atoms with van der Waals surface area (Å²) >= 11 is 1.53. The molecule has 88 valence electrons. The van der Waals surface area contributed by atoms with Gasteiger partial charge in [0.05, 0.1) is 0 Å². The van der Waals surface area contributed by atoms with Crippen LogP contribution in [0, 0.1) is 0 Å². The number of rotatable bonds is 1. The van der Waals surface area contributed by atoms with Crippen molar-refractivity contribution in [3.63, 3.8) is 0 Å². The molecule has 6 heteroatoms. The van der Waals surface area contributed by atoms with Crippen LogP contribution in [0.5, 0.6) is 0 Å². The zero-order valence-electron chi connectivity index (χ0n) is 8.79. The molecular weight excluding hydrogens is 242 g/mol. The molecule has 2 atom stereocenters. The van der Waals surface area contributed by atoms with Gasteiger partial charge in [0.1, 0.15) is 0 Å². The molecule has 0 bridgehead atoms. The molecule has 0 spiro atoms. The first-order valence-corrected chi connectivity index (χ1v) is 6.04. The van der Waals surface area contributed by atoms with Gasteiger partial charge >= 0.3 is 5.91 Å². The van der Waals surface area contributed by atoms with Crippen LogP contribution in [0.4, 0.5) is 4.79 Å². The molecule has 1 aromatic rings. The van der Waals surface area contributed by atoms with E-state index in [-0.39, 0.29) is 18.9 Å². The summed E-state index contributed by atoms with van der Waals surface area (Å²) in [5.41, 5.74) is 0. The third-order valence-corrected chi connectivity index (χ3v) is 3.97. The molecule has 2 saturated heterocycles. The number of hydrogen-bond donors (Lipinski definition) is 0. The van der Waals surface area contributed by atoms with Crippen LogP contribution in [0.3, 0.4) is 0 Å². The fourth-order valence-electron chi connectivity index (χ4n) is 2.19. The SMILES string of the molecule is O=C([O-])[N+]12C/C(=C/c3cccs3)OC1CC2=O. The summed E-state index contributed by atoms with van der Waals surface area (Å²) in [6.45, 7) is 0.0593. The summed E-state index contributed by atoms with van der Waals surface area (Å²) in [5, 5.41) is 13.0. The van der Waals surface area contributed by atoms with Crippen molar-refractivity contribution in [2.24, 2.45) is 0 Å². The van der Waals surface area contributed by atoms with E-state index in [1.807, 2.05) is 17.5 Å². The highest BCUT2D eigenvalue weighted by Gasteiger charge is 2.64. The lowest BCUT2D eigenvalue weighted by atomic mass is 10.1. The number of nitrogens with zero attached hydrogens (tertiary/aromatic N) is 1. The summed E-state index contributed by atoms with van der Waals surface area (Å²) in [5.74, 6) is 0.192. The van der Waals surface area contributed by atoms with E-state index in [1.165, 1.54) is 11.3 Å². The fraction of sp³-hybridized carbons (Fsp3) is 0.273. The van der Waals surface area contributed by atoms with Gasteiger partial charge in [-0.15, -0.1) is 11.3 Å². The third kappa shape index (κ3) is 1.34. The standard InChI is InChI=1S/C11H9NO4S/c13-9-5-10-12(9,11(14)15)6-7(16-10)4-8-2-1-3-17-8/h1-4,10H,5-6H2/b7-4-. The number of carbonyl (C=O) groups is 2. The summed E-state index contributed by atoms with van der Waals surface area (Å²) in [6, 6.07) is 3.80. The van der Waals surface area contributed by atoms with Crippen molar-refractivity contribution in [2.45, 2.75) is 12.6 Å². The lowest BCUT2D eigenvalue weighted by Gasteiger charge is -2.40. The fourth-order valence-corrected chi connectivity index (χ4v) is 2.86. The van der Waals surface area contributed by atoms with Crippen LogP contribution in [0.2, 0.25) is 0 Å². The van der Waals surface area contributed by atoms with Crippen LogP contribution >= 0.6 is 11.3 Å². The topological polar surface area (TPSA) is 66.4 Å². The van der Waals surface area contributed by atoms with Gasteiger partial charge in [0.25, 0.3) is 12.3 Å². The largest absolute Gasteiger partial charge is 0.498 e. The minimum absolute atomic E-state index is 0.0593. The molecule has 2 aliphatic heterocycles. The normalized spacial score (nSPS) is 33.1. The van der Waals surface area contributed by atoms with Gasteiger partial charge in [-0.3, -0.25) is 0 Å². The van der Waals surface area contributed by atoms with Crippen LogP contribution in [0.15, 0.2) is 23.3 Å². The number of carboxylic acid groups (broad SMARTS) is 1. The number of thiophene rings is 1. The van der Waals surface area contributed by atoms with Gasteiger partial charge in [-0.2, -0.15) is 4.48 Å². The van der Waals surface area contributed by atoms with Gasteiger partial charge in [-0.1, -0.05) is 6.07 Å². The monoisotopic (exact) mass is 251 g/mol. The minimum atomic E-state index is -1.37. The maximum absolute atomic E-state index is 11.5. The molecule has 0 radical (unpaired) electrons. The molecule has 0 aliphatic carbocycles. The van der Waals surface area contributed by atoms with Crippen molar-refractivity contribution < 1.29 is 23.9 Å². The van der Waals surface area contributed by atoms with Crippen LogP contribution < -0.4 is 5.11 Å². The molecule has 3 rings (SSSR count). The highest BCUT2D eigenvalue weighted by Crippen LogP contribution is 2.40. The Morgan fingerprint density at radius 2 is 2.47 bits per heavy atom. The second-order valence-corrected chi connectivity index (χ2v) is 5.07.